The van der Waals surface area contributed by atoms with Crippen molar-refractivity contribution in [2.75, 3.05) is 7.05 Å². The van der Waals surface area contributed by atoms with E-state index in [1.807, 2.05) is 6.92 Å². The average molecular weight is 150 g/mol. The molecule has 1 N–H and O–H groups in total. The molecule has 1 aromatic rings. The first-order valence-electron chi connectivity index (χ1n) is 3.26. The van der Waals surface area contributed by atoms with Crippen LogP contribution >= 0.6 is 0 Å². The zero-order chi connectivity index (χ0) is 8.27. The van der Waals surface area contributed by atoms with Crippen LogP contribution in [0, 0.1) is 5.41 Å². The van der Waals surface area contributed by atoms with E-state index in [0.717, 1.165) is 5.84 Å². The normalized spacial score (nSPS) is 11.6. The number of hydrogen-bond acceptors (Lipinski definition) is 3. The maximum atomic E-state index is 7.45. The van der Waals surface area contributed by atoms with Gasteiger partial charge in [-0.3, -0.25) is 15.0 Å². The van der Waals surface area contributed by atoms with E-state index >= 15 is 0 Å². The third-order valence-corrected chi connectivity index (χ3v) is 1.43. The Morgan fingerprint density at radius 2 is 2.45 bits per heavy atom. The Kier molecular flexibility index (Phi) is 2.15. The summed E-state index contributed by atoms with van der Waals surface area (Å²) < 4.78 is 1.61. The first kappa shape index (κ1) is 7.65. The lowest BCUT2D eigenvalue weighted by molar-refractivity contribution is 0.918. The predicted molar refractivity (Wildman–Crippen MR) is 42.5 cm³/mol. The monoisotopic (exact) mass is 150 g/mol. The van der Waals surface area contributed by atoms with Crippen LogP contribution in [0.2, 0.25) is 0 Å². The molecule has 11 heavy (non-hydrogen) atoms. The second-order valence-corrected chi connectivity index (χ2v) is 2.11. The minimum atomic E-state index is 0.392. The molecule has 0 bridgehead atoms. The van der Waals surface area contributed by atoms with Crippen LogP contribution in [0.25, 0.3) is 0 Å². The van der Waals surface area contributed by atoms with Crippen LogP contribution < -0.4 is 5.49 Å². The molecule has 4 heteroatoms. The van der Waals surface area contributed by atoms with Gasteiger partial charge in [-0.25, -0.2) is 4.98 Å². The molecule has 0 aromatic carbocycles. The van der Waals surface area contributed by atoms with Crippen molar-refractivity contribution in [1.82, 2.24) is 9.55 Å². The van der Waals surface area contributed by atoms with E-state index in [9.17, 15) is 0 Å². The summed E-state index contributed by atoms with van der Waals surface area (Å²) in [7, 11) is 1.69. The van der Waals surface area contributed by atoms with Crippen LogP contribution in [-0.4, -0.2) is 22.4 Å². The van der Waals surface area contributed by atoms with Gasteiger partial charge in [-0.15, -0.1) is 0 Å². The topological polar surface area (TPSA) is 54.0 Å². The maximum Gasteiger partial charge on any atom is 0.132 e. The van der Waals surface area contributed by atoms with E-state index in [1.54, 1.807) is 30.2 Å². The smallest absolute Gasteiger partial charge is 0.132 e. The summed E-state index contributed by atoms with van der Waals surface area (Å²) in [5.74, 6) is 0.767. The lowest BCUT2D eigenvalue weighted by Gasteiger charge is -2.01. The Balaban J connectivity index is 3.25. The number of aliphatic imine (C=N–C) groups is 1. The van der Waals surface area contributed by atoms with Gasteiger partial charge >= 0.3 is 0 Å². The molecule has 4 nitrogen and oxygen atoms in total. The second-order valence-electron chi connectivity index (χ2n) is 2.11. The number of rotatable bonds is 0. The van der Waals surface area contributed by atoms with E-state index in [2.05, 4.69) is 9.98 Å². The van der Waals surface area contributed by atoms with Crippen LogP contribution in [0.15, 0.2) is 23.6 Å². The highest BCUT2D eigenvalue weighted by Crippen LogP contribution is 1.78. The van der Waals surface area contributed by atoms with Crippen molar-refractivity contribution in [2.24, 2.45) is 4.99 Å². The van der Waals surface area contributed by atoms with Gasteiger partial charge in [-0.05, 0) is 13.0 Å². The third kappa shape index (κ3) is 1.52. The highest BCUT2D eigenvalue weighted by molar-refractivity contribution is 5.81. The van der Waals surface area contributed by atoms with Crippen molar-refractivity contribution in [1.29, 1.82) is 5.41 Å². The zero-order valence-corrected chi connectivity index (χ0v) is 6.57. The Bertz CT molecular complexity index is 323. The summed E-state index contributed by atoms with van der Waals surface area (Å²) in [6.45, 7) is 1.83. The average Bonchev–Trinajstić information content (AvgIpc) is 2.04. The summed E-state index contributed by atoms with van der Waals surface area (Å²) >= 11 is 0. The SMILES string of the molecule is CN=C(C)n1cnccc1=N. The fraction of sp³-hybridized carbons (Fsp3) is 0.286. The lowest BCUT2D eigenvalue weighted by Crippen LogP contribution is -2.24. The molecule has 1 aromatic heterocycles. The van der Waals surface area contributed by atoms with Crippen molar-refractivity contribution >= 4 is 5.84 Å². The molecule has 0 spiro atoms. The van der Waals surface area contributed by atoms with Crippen LogP contribution in [-0.2, 0) is 0 Å². The van der Waals surface area contributed by atoms with Crippen LogP contribution in [0.1, 0.15) is 6.92 Å². The molecule has 0 aliphatic heterocycles. The van der Waals surface area contributed by atoms with Crippen molar-refractivity contribution < 1.29 is 0 Å². The van der Waals surface area contributed by atoms with Crippen molar-refractivity contribution in [3.8, 4) is 0 Å². The van der Waals surface area contributed by atoms with Gasteiger partial charge in [0.25, 0.3) is 0 Å². The Labute approximate surface area is 64.8 Å². The van der Waals surface area contributed by atoms with Crippen LogP contribution in [0.3, 0.4) is 0 Å². The highest BCUT2D eigenvalue weighted by atomic mass is 15.1. The number of nitrogens with zero attached hydrogens (tertiary/aromatic N) is 3. The second kappa shape index (κ2) is 3.09. The predicted octanol–water partition coefficient (Wildman–Crippen LogP) is 0.259. The van der Waals surface area contributed by atoms with Crippen molar-refractivity contribution in [2.45, 2.75) is 6.92 Å². The highest BCUT2D eigenvalue weighted by Gasteiger charge is 1.91. The molecular weight excluding hydrogens is 140 g/mol. The van der Waals surface area contributed by atoms with Gasteiger partial charge in [-0.2, -0.15) is 0 Å². The number of aromatic nitrogens is 2. The fourth-order valence-corrected chi connectivity index (χ4v) is 0.727. The van der Waals surface area contributed by atoms with E-state index in [-0.39, 0.29) is 0 Å². The summed E-state index contributed by atoms with van der Waals surface area (Å²) in [4.78, 5) is 7.82. The molecule has 0 saturated heterocycles. The molecular formula is C7H10N4. The van der Waals surface area contributed by atoms with Gasteiger partial charge < -0.3 is 0 Å². The molecule has 0 aliphatic carbocycles. The van der Waals surface area contributed by atoms with E-state index in [1.165, 1.54) is 0 Å². The largest absolute Gasteiger partial charge is 0.284 e. The van der Waals surface area contributed by atoms with Crippen LogP contribution in [0.4, 0.5) is 0 Å². The molecule has 0 fully saturated rings. The first-order valence-corrected chi connectivity index (χ1v) is 3.26. The van der Waals surface area contributed by atoms with E-state index < -0.39 is 0 Å². The number of nitrogens with one attached hydrogen (secondary N) is 1. The zero-order valence-electron chi connectivity index (χ0n) is 6.57. The molecule has 58 valence electrons. The molecule has 1 rings (SSSR count). The van der Waals surface area contributed by atoms with Gasteiger partial charge in [-0.1, -0.05) is 0 Å². The Morgan fingerprint density at radius 3 is 3.00 bits per heavy atom. The minimum Gasteiger partial charge on any atom is -0.284 e. The van der Waals surface area contributed by atoms with Gasteiger partial charge in [0.1, 0.15) is 17.7 Å². The molecule has 0 unspecified atom stereocenters. The molecule has 0 saturated carbocycles. The molecule has 0 atom stereocenters. The molecule has 0 aliphatic rings. The molecule has 0 amide bonds. The summed E-state index contributed by atoms with van der Waals surface area (Å²) in [5.41, 5.74) is 0.392. The quantitative estimate of drug-likeness (QED) is 0.418. The minimum absolute atomic E-state index is 0.392. The summed E-state index contributed by atoms with van der Waals surface area (Å²) in [6.07, 6.45) is 3.16. The maximum absolute atomic E-state index is 7.45. The van der Waals surface area contributed by atoms with E-state index in [0.29, 0.717) is 5.49 Å². The van der Waals surface area contributed by atoms with Crippen molar-refractivity contribution in [3.05, 3.63) is 24.1 Å². The standard InChI is InChI=1S/C7H10N4/c1-6(9-2)11-5-10-4-3-7(11)8/h3-5,8H,1-2H3. The van der Waals surface area contributed by atoms with Crippen LogP contribution in [0.5, 0.6) is 0 Å². The Morgan fingerprint density at radius 1 is 1.73 bits per heavy atom. The van der Waals surface area contributed by atoms with Gasteiger partial charge in [0.15, 0.2) is 0 Å². The van der Waals surface area contributed by atoms with Gasteiger partial charge in [0, 0.05) is 13.2 Å². The first-order chi connectivity index (χ1) is 5.25. The lowest BCUT2D eigenvalue weighted by atomic mass is 10.5. The Hall–Kier alpha value is -1.45. The molecule has 0 radical (unpaired) electrons. The summed E-state index contributed by atoms with van der Waals surface area (Å²) in [6, 6.07) is 1.62. The third-order valence-electron chi connectivity index (χ3n) is 1.43. The fourth-order valence-electron chi connectivity index (χ4n) is 0.727. The molecule has 1 heterocycles. The van der Waals surface area contributed by atoms with Gasteiger partial charge in [0.05, 0.1) is 0 Å². The van der Waals surface area contributed by atoms with Gasteiger partial charge in [0.2, 0.25) is 0 Å². The number of hydrogen-bond donors (Lipinski definition) is 1. The van der Waals surface area contributed by atoms with Crippen molar-refractivity contribution in [3.63, 3.8) is 0 Å². The summed E-state index contributed by atoms with van der Waals surface area (Å²) in [5, 5.41) is 7.45. The van der Waals surface area contributed by atoms with E-state index in [4.69, 9.17) is 5.41 Å².